The third kappa shape index (κ3) is 7.70. The molecule has 0 aliphatic rings. The Hall–Kier alpha value is -4.14. The number of benzene rings is 2. The number of methoxy groups -OCH3 is 1. The Kier molecular flexibility index (Phi) is 9.00. The molecule has 3 rings (SSSR count). The molecule has 9 heteroatoms. The largest absolute Gasteiger partial charge is 0.497 e. The minimum absolute atomic E-state index is 0.109. The van der Waals surface area contributed by atoms with E-state index in [1.807, 2.05) is 68.4 Å². The molecule has 0 radical (unpaired) electrons. The zero-order chi connectivity index (χ0) is 25.2. The van der Waals surface area contributed by atoms with E-state index in [-0.39, 0.29) is 24.2 Å². The SMILES string of the molecule is COc1ccc(C=Cc2nc(C(OC(C)=O)[C@@H](NC(=O)OCc3ccccc3)C(C)C)no2)cc1. The number of rotatable bonds is 10. The molecule has 1 heterocycles. The van der Waals surface area contributed by atoms with Crippen LogP contribution in [-0.4, -0.2) is 35.4 Å². The Labute approximate surface area is 204 Å². The minimum atomic E-state index is -0.969. The molecule has 0 aliphatic carbocycles. The number of carbonyl (C=O) groups is 2. The number of amides is 1. The average Bonchev–Trinajstić information content (AvgIpc) is 3.33. The molecular weight excluding hydrogens is 450 g/mol. The maximum atomic E-state index is 12.5. The number of aromatic nitrogens is 2. The van der Waals surface area contributed by atoms with Crippen LogP contribution in [0, 0.1) is 5.92 Å². The molecule has 0 aliphatic heterocycles. The van der Waals surface area contributed by atoms with Crippen molar-refractivity contribution in [3.05, 3.63) is 77.4 Å². The fourth-order valence-corrected chi connectivity index (χ4v) is 3.27. The zero-order valence-corrected chi connectivity index (χ0v) is 20.1. The average molecular weight is 480 g/mol. The van der Waals surface area contributed by atoms with Crippen LogP contribution in [0.2, 0.25) is 0 Å². The first-order valence-corrected chi connectivity index (χ1v) is 11.2. The summed E-state index contributed by atoms with van der Waals surface area (Å²) in [6, 6.07) is 16.1. The Bertz CT molecular complexity index is 1130. The first-order chi connectivity index (χ1) is 16.9. The lowest BCUT2D eigenvalue weighted by molar-refractivity contribution is -0.149. The van der Waals surface area contributed by atoms with Crippen molar-refractivity contribution in [3.63, 3.8) is 0 Å². The zero-order valence-electron chi connectivity index (χ0n) is 20.1. The first-order valence-electron chi connectivity index (χ1n) is 11.2. The van der Waals surface area contributed by atoms with E-state index in [0.717, 1.165) is 16.9 Å². The quantitative estimate of drug-likeness (QED) is 0.413. The summed E-state index contributed by atoms with van der Waals surface area (Å²) in [4.78, 5) is 28.7. The third-order valence-electron chi connectivity index (χ3n) is 5.08. The van der Waals surface area contributed by atoms with E-state index < -0.39 is 24.2 Å². The van der Waals surface area contributed by atoms with E-state index >= 15 is 0 Å². The van der Waals surface area contributed by atoms with Crippen molar-refractivity contribution >= 4 is 24.2 Å². The third-order valence-corrected chi connectivity index (χ3v) is 5.08. The van der Waals surface area contributed by atoms with Gasteiger partial charge in [-0.1, -0.05) is 61.5 Å². The molecule has 184 valence electrons. The van der Waals surface area contributed by atoms with E-state index in [9.17, 15) is 9.59 Å². The van der Waals surface area contributed by atoms with Gasteiger partial charge in [-0.3, -0.25) is 4.79 Å². The molecule has 9 nitrogen and oxygen atoms in total. The first kappa shape index (κ1) is 25.5. The lowest BCUT2D eigenvalue weighted by Crippen LogP contribution is -2.44. The van der Waals surface area contributed by atoms with Gasteiger partial charge in [0.15, 0.2) is 6.10 Å². The number of ether oxygens (including phenoxy) is 3. The van der Waals surface area contributed by atoms with Gasteiger partial charge in [-0.15, -0.1) is 0 Å². The van der Waals surface area contributed by atoms with Gasteiger partial charge in [0.2, 0.25) is 5.82 Å². The maximum absolute atomic E-state index is 12.5. The second kappa shape index (κ2) is 12.4. The smallest absolute Gasteiger partial charge is 0.407 e. The molecule has 2 aromatic carbocycles. The predicted molar refractivity (Wildman–Crippen MR) is 129 cm³/mol. The van der Waals surface area contributed by atoms with E-state index in [0.29, 0.717) is 0 Å². The van der Waals surface area contributed by atoms with Crippen LogP contribution in [0.1, 0.15) is 49.7 Å². The molecule has 1 amide bonds. The molecule has 35 heavy (non-hydrogen) atoms. The minimum Gasteiger partial charge on any atom is -0.497 e. The van der Waals surface area contributed by atoms with E-state index in [1.54, 1.807) is 19.3 Å². The van der Waals surface area contributed by atoms with Crippen LogP contribution in [0.3, 0.4) is 0 Å². The molecule has 0 saturated carbocycles. The van der Waals surface area contributed by atoms with Gasteiger partial charge in [0.1, 0.15) is 12.4 Å². The molecule has 0 fully saturated rings. The van der Waals surface area contributed by atoms with Crippen molar-refractivity contribution in [2.75, 3.05) is 7.11 Å². The number of hydrogen-bond donors (Lipinski definition) is 1. The standard InChI is InChI=1S/C26H29N3O6/c1-17(2)23(28-26(31)33-16-20-8-6-5-7-9-20)24(34-18(3)30)25-27-22(35-29-25)15-12-19-10-13-21(32-4)14-11-19/h5-15,17,23-24H,16H2,1-4H3,(H,28,31)/t23-,24?/m0/s1. The predicted octanol–water partition coefficient (Wildman–Crippen LogP) is 4.80. The van der Waals surface area contributed by atoms with Crippen molar-refractivity contribution in [2.24, 2.45) is 5.92 Å². The molecule has 0 spiro atoms. The molecule has 2 atom stereocenters. The van der Waals surface area contributed by atoms with Gasteiger partial charge in [-0.2, -0.15) is 4.98 Å². The highest BCUT2D eigenvalue weighted by Crippen LogP contribution is 2.25. The second-order valence-electron chi connectivity index (χ2n) is 8.10. The summed E-state index contributed by atoms with van der Waals surface area (Å²) in [5.41, 5.74) is 1.76. The Morgan fingerprint density at radius 2 is 1.77 bits per heavy atom. The monoisotopic (exact) mass is 479 g/mol. The van der Waals surface area contributed by atoms with Gasteiger partial charge in [-0.05, 0) is 35.3 Å². The van der Waals surface area contributed by atoms with Gasteiger partial charge < -0.3 is 24.1 Å². The van der Waals surface area contributed by atoms with Crippen LogP contribution in [0.25, 0.3) is 12.2 Å². The van der Waals surface area contributed by atoms with Gasteiger partial charge in [0, 0.05) is 13.0 Å². The highest BCUT2D eigenvalue weighted by molar-refractivity contribution is 5.69. The van der Waals surface area contributed by atoms with Crippen molar-refractivity contribution in [1.29, 1.82) is 0 Å². The van der Waals surface area contributed by atoms with Gasteiger partial charge in [0.25, 0.3) is 5.89 Å². The van der Waals surface area contributed by atoms with Crippen LogP contribution < -0.4 is 10.1 Å². The van der Waals surface area contributed by atoms with Crippen molar-refractivity contribution in [2.45, 2.75) is 39.5 Å². The van der Waals surface area contributed by atoms with Crippen LogP contribution in [0.4, 0.5) is 4.79 Å². The van der Waals surface area contributed by atoms with E-state index in [1.165, 1.54) is 6.92 Å². The summed E-state index contributed by atoms with van der Waals surface area (Å²) in [5.74, 6) is 0.431. The lowest BCUT2D eigenvalue weighted by atomic mass is 9.98. The lowest BCUT2D eigenvalue weighted by Gasteiger charge is -2.28. The van der Waals surface area contributed by atoms with E-state index in [4.69, 9.17) is 18.7 Å². The highest BCUT2D eigenvalue weighted by atomic mass is 16.6. The van der Waals surface area contributed by atoms with Crippen LogP contribution in [-0.2, 0) is 20.9 Å². The number of carbonyl (C=O) groups excluding carboxylic acids is 2. The van der Waals surface area contributed by atoms with Crippen LogP contribution >= 0.6 is 0 Å². The summed E-state index contributed by atoms with van der Waals surface area (Å²) < 4.78 is 21.3. The van der Waals surface area contributed by atoms with E-state index in [2.05, 4.69) is 15.5 Å². The molecule has 1 N–H and O–H groups in total. The Balaban J connectivity index is 1.72. The molecule has 0 bridgehead atoms. The second-order valence-corrected chi connectivity index (χ2v) is 8.10. The van der Waals surface area contributed by atoms with Crippen molar-refractivity contribution in [1.82, 2.24) is 15.5 Å². The summed E-state index contributed by atoms with van der Waals surface area (Å²) in [7, 11) is 1.60. The topological polar surface area (TPSA) is 113 Å². The van der Waals surface area contributed by atoms with Gasteiger partial charge >= 0.3 is 12.1 Å². The maximum Gasteiger partial charge on any atom is 0.407 e. The van der Waals surface area contributed by atoms with Crippen LogP contribution in [0.15, 0.2) is 59.1 Å². The van der Waals surface area contributed by atoms with Crippen molar-refractivity contribution in [3.8, 4) is 5.75 Å². The molecule has 1 unspecified atom stereocenters. The number of nitrogens with one attached hydrogen (secondary N) is 1. The number of esters is 1. The fraction of sp³-hybridized carbons (Fsp3) is 0.308. The molecule has 3 aromatic rings. The number of nitrogens with zero attached hydrogens (tertiary/aromatic N) is 2. The molecule has 0 saturated heterocycles. The fourth-order valence-electron chi connectivity index (χ4n) is 3.27. The van der Waals surface area contributed by atoms with Gasteiger partial charge in [0.05, 0.1) is 13.2 Å². The normalized spacial score (nSPS) is 12.8. The van der Waals surface area contributed by atoms with Crippen molar-refractivity contribution < 1.29 is 28.3 Å². The number of hydrogen-bond acceptors (Lipinski definition) is 8. The summed E-state index contributed by atoms with van der Waals surface area (Å²) in [5, 5.41) is 6.77. The Morgan fingerprint density at radius 3 is 2.40 bits per heavy atom. The number of alkyl carbamates (subject to hydrolysis) is 1. The summed E-state index contributed by atoms with van der Waals surface area (Å²) >= 11 is 0. The molecular formula is C26H29N3O6. The highest BCUT2D eigenvalue weighted by Gasteiger charge is 2.34. The Morgan fingerprint density at radius 1 is 1.06 bits per heavy atom. The summed E-state index contributed by atoms with van der Waals surface area (Å²) in [6.45, 7) is 5.15. The summed E-state index contributed by atoms with van der Waals surface area (Å²) in [6.07, 6.45) is 1.84. The van der Waals surface area contributed by atoms with Gasteiger partial charge in [-0.25, -0.2) is 4.79 Å². The van der Waals surface area contributed by atoms with Crippen LogP contribution in [0.5, 0.6) is 5.75 Å². The molecule has 1 aromatic heterocycles.